The number of carbonyl (C=O) groups excluding carboxylic acids is 4. The Balaban J connectivity index is 1.30. The summed E-state index contributed by atoms with van der Waals surface area (Å²) in [5.74, 6) is -0.221. The van der Waals surface area contributed by atoms with E-state index in [0.717, 1.165) is 45.1 Å². The number of rotatable bonds is 12. The summed E-state index contributed by atoms with van der Waals surface area (Å²) in [5.41, 5.74) is 2.47. The smallest absolute Gasteiger partial charge is 0.246 e. The third-order valence-electron chi connectivity index (χ3n) is 12.6. The van der Waals surface area contributed by atoms with E-state index in [-0.39, 0.29) is 41.4 Å². The van der Waals surface area contributed by atoms with Gasteiger partial charge in [-0.15, -0.1) is 0 Å². The number of hydrogen-bond donors (Lipinski definition) is 2. The van der Waals surface area contributed by atoms with Gasteiger partial charge < -0.3 is 15.5 Å². The van der Waals surface area contributed by atoms with Crippen LogP contribution in [0, 0.1) is 28.1 Å². The molecule has 0 bridgehead atoms. The van der Waals surface area contributed by atoms with Crippen LogP contribution < -0.4 is 10.6 Å². The van der Waals surface area contributed by atoms with Crippen LogP contribution in [-0.2, 0) is 32.1 Å². The van der Waals surface area contributed by atoms with E-state index in [1.54, 1.807) is 11.8 Å². The fourth-order valence-electron chi connectivity index (χ4n) is 9.42. The lowest BCUT2D eigenvalue weighted by Gasteiger charge is -2.39. The molecule has 5 rings (SSSR count). The Morgan fingerprint density at radius 1 is 0.979 bits per heavy atom. The minimum absolute atomic E-state index is 0.00374. The molecule has 260 valence electrons. The van der Waals surface area contributed by atoms with Crippen LogP contribution in [0.3, 0.4) is 0 Å². The Kier molecular flexibility index (Phi) is 10.6. The van der Waals surface area contributed by atoms with E-state index in [0.29, 0.717) is 30.8 Å². The maximum absolute atomic E-state index is 14.5. The molecule has 8 heteroatoms. The molecule has 3 saturated carbocycles. The van der Waals surface area contributed by atoms with Crippen LogP contribution in [0.2, 0.25) is 0 Å². The van der Waals surface area contributed by atoms with Crippen molar-refractivity contribution >= 4 is 23.5 Å². The topological polar surface area (TPSA) is 98.8 Å². The van der Waals surface area contributed by atoms with Crippen molar-refractivity contribution < 1.29 is 19.2 Å². The highest BCUT2D eigenvalue weighted by Crippen LogP contribution is 2.79. The summed E-state index contributed by atoms with van der Waals surface area (Å²) in [4.78, 5) is 59.2. The minimum Gasteiger partial charge on any atom is -0.343 e. The average molecular weight is 649 g/mol. The second-order valence-electron chi connectivity index (χ2n) is 16.8. The van der Waals surface area contributed by atoms with Gasteiger partial charge in [-0.2, -0.15) is 0 Å². The number of nitrogens with zero attached hydrogens (tertiary/aromatic N) is 2. The molecule has 8 nitrogen and oxygen atoms in total. The summed E-state index contributed by atoms with van der Waals surface area (Å²) in [6.45, 7) is 16.2. The van der Waals surface area contributed by atoms with Gasteiger partial charge in [-0.1, -0.05) is 84.6 Å². The van der Waals surface area contributed by atoms with E-state index < -0.39 is 23.5 Å². The molecule has 0 saturated heterocycles. The molecule has 3 fully saturated rings. The Morgan fingerprint density at radius 2 is 1.64 bits per heavy atom. The largest absolute Gasteiger partial charge is 0.343 e. The second-order valence-corrected chi connectivity index (χ2v) is 16.8. The Bertz CT molecular complexity index is 1320. The zero-order chi connectivity index (χ0) is 34.1. The fraction of sp³-hybridized carbons (Fsp3) is 0.744. The normalized spacial score (nSPS) is 23.9. The molecule has 1 aromatic rings. The summed E-state index contributed by atoms with van der Waals surface area (Å²) in [5, 5.41) is 6.27. The number of ketones is 1. The summed E-state index contributed by atoms with van der Waals surface area (Å²) in [6.07, 6.45) is 10.1. The monoisotopic (exact) mass is 648 g/mol. The molecule has 3 aliphatic carbocycles. The molecular weight excluding hydrogens is 588 g/mol. The molecule has 4 aliphatic rings. The summed E-state index contributed by atoms with van der Waals surface area (Å²) >= 11 is 0. The predicted octanol–water partition coefficient (Wildman–Crippen LogP) is 5.66. The number of likely N-dealkylation sites (N-methyl/N-ethyl adjacent to an activating group) is 1. The second kappa shape index (κ2) is 14.0. The van der Waals surface area contributed by atoms with Gasteiger partial charge in [0.15, 0.2) is 5.78 Å². The van der Waals surface area contributed by atoms with Crippen LogP contribution in [0.5, 0.6) is 0 Å². The van der Waals surface area contributed by atoms with Crippen molar-refractivity contribution in [2.24, 2.45) is 28.1 Å². The first-order chi connectivity index (χ1) is 22.2. The number of fused-ring (bicyclic) bond motifs is 1. The third-order valence-corrected chi connectivity index (χ3v) is 12.6. The lowest BCUT2D eigenvalue weighted by atomic mass is 9.75. The first-order valence-corrected chi connectivity index (χ1v) is 18.4. The summed E-state index contributed by atoms with van der Waals surface area (Å²) in [6, 6.07) is 6.32. The molecule has 2 N–H and O–H groups in total. The fourth-order valence-corrected chi connectivity index (χ4v) is 9.42. The molecule has 1 spiro atoms. The van der Waals surface area contributed by atoms with E-state index in [2.05, 4.69) is 47.6 Å². The van der Waals surface area contributed by atoms with Crippen molar-refractivity contribution in [3.05, 3.63) is 35.4 Å². The van der Waals surface area contributed by atoms with Crippen LogP contribution in [0.15, 0.2) is 24.3 Å². The number of Topliss-reactive ketones (excluding diaryl/α,β-unsaturated/α-hetero) is 1. The molecule has 0 aromatic heterocycles. The van der Waals surface area contributed by atoms with Crippen LogP contribution in [-0.4, -0.2) is 71.1 Å². The highest BCUT2D eigenvalue weighted by atomic mass is 16.2. The molecule has 47 heavy (non-hydrogen) atoms. The molecule has 3 amide bonds. The van der Waals surface area contributed by atoms with Crippen LogP contribution in [0.25, 0.3) is 0 Å². The van der Waals surface area contributed by atoms with Gasteiger partial charge in [0, 0.05) is 19.6 Å². The van der Waals surface area contributed by atoms with E-state index in [4.69, 9.17) is 0 Å². The molecule has 1 aliphatic heterocycles. The number of amides is 3. The van der Waals surface area contributed by atoms with Crippen LogP contribution >= 0.6 is 0 Å². The Morgan fingerprint density at radius 3 is 2.19 bits per heavy atom. The van der Waals surface area contributed by atoms with E-state index >= 15 is 0 Å². The number of carbonyl (C=O) groups is 4. The van der Waals surface area contributed by atoms with Crippen molar-refractivity contribution in [3.8, 4) is 0 Å². The standard InChI is InChI=1S/C39H60N4O4/c1-8-43(30(26(2)44)23-31-38(6,7)39(31)20-14-21-39)36(47)34(37(3,4)5)41-35(46)33(28-16-10-9-11-17-28)40-32(45)25-42-22-19-27-15-12-13-18-29(27)24-42/h12-13,15,18,28,30-31,33-34H,8-11,14,16-17,19-25H2,1-7H3,(H,40,45)(H,41,46)/t30-,31?,33?,34+/m0/s1. The molecule has 0 radical (unpaired) electrons. The van der Waals surface area contributed by atoms with Crippen LogP contribution in [0.4, 0.5) is 0 Å². The minimum atomic E-state index is -0.830. The van der Waals surface area contributed by atoms with Gasteiger partial charge in [-0.05, 0) is 91.6 Å². The van der Waals surface area contributed by atoms with Crippen LogP contribution in [0.1, 0.15) is 117 Å². The average Bonchev–Trinajstić information content (AvgIpc) is 3.52. The number of hydrogen-bond acceptors (Lipinski definition) is 5. The SMILES string of the molecule is CCN(C(=O)[C@@H](NC(=O)C(NC(=O)CN1CCc2ccccc2C1)C1CCCCC1)C(C)(C)C)[C@@H](CC1C(C)(C)C12CCC2)C(C)=O. The zero-order valence-electron chi connectivity index (χ0n) is 30.1. The highest BCUT2D eigenvalue weighted by molar-refractivity contribution is 5.95. The van der Waals surface area contributed by atoms with Crippen molar-refractivity contribution in [1.29, 1.82) is 0 Å². The van der Waals surface area contributed by atoms with Crippen molar-refractivity contribution in [2.45, 2.75) is 137 Å². The van der Waals surface area contributed by atoms with E-state index in [1.807, 2.05) is 33.8 Å². The van der Waals surface area contributed by atoms with Gasteiger partial charge in [-0.25, -0.2) is 0 Å². The first-order valence-electron chi connectivity index (χ1n) is 18.4. The third kappa shape index (κ3) is 7.33. The Hall–Kier alpha value is -2.74. The first kappa shape index (κ1) is 35.6. The molecule has 2 unspecified atom stereocenters. The number of benzene rings is 1. The zero-order valence-corrected chi connectivity index (χ0v) is 30.1. The molecule has 1 heterocycles. The lowest BCUT2D eigenvalue weighted by Crippen LogP contribution is -2.62. The van der Waals surface area contributed by atoms with Gasteiger partial charge in [-0.3, -0.25) is 24.1 Å². The summed E-state index contributed by atoms with van der Waals surface area (Å²) < 4.78 is 0. The molecular formula is C39H60N4O4. The van der Waals surface area contributed by atoms with Gasteiger partial charge in [0.2, 0.25) is 17.7 Å². The lowest BCUT2D eigenvalue weighted by molar-refractivity contribution is -0.145. The maximum atomic E-state index is 14.5. The van der Waals surface area contributed by atoms with Gasteiger partial charge in [0.25, 0.3) is 0 Å². The van der Waals surface area contributed by atoms with Crippen molar-refractivity contribution in [3.63, 3.8) is 0 Å². The maximum Gasteiger partial charge on any atom is 0.246 e. The summed E-state index contributed by atoms with van der Waals surface area (Å²) in [7, 11) is 0. The highest BCUT2D eigenvalue weighted by Gasteiger charge is 2.72. The molecule has 4 atom stereocenters. The van der Waals surface area contributed by atoms with E-state index in [9.17, 15) is 19.2 Å². The van der Waals surface area contributed by atoms with E-state index in [1.165, 1.54) is 30.4 Å². The van der Waals surface area contributed by atoms with Gasteiger partial charge >= 0.3 is 0 Å². The van der Waals surface area contributed by atoms with Crippen molar-refractivity contribution in [1.82, 2.24) is 20.4 Å². The van der Waals surface area contributed by atoms with Gasteiger partial charge in [0.1, 0.15) is 12.1 Å². The number of nitrogens with one attached hydrogen (secondary N) is 2. The van der Waals surface area contributed by atoms with Crippen molar-refractivity contribution in [2.75, 3.05) is 19.6 Å². The molecule has 1 aromatic carbocycles. The quantitative estimate of drug-likeness (QED) is 0.305. The van der Waals surface area contributed by atoms with Gasteiger partial charge in [0.05, 0.1) is 12.6 Å². The predicted molar refractivity (Wildman–Crippen MR) is 185 cm³/mol. The Labute approximate surface area is 283 Å².